The van der Waals surface area contributed by atoms with E-state index in [0.717, 1.165) is 44.4 Å². The largest absolute Gasteiger partial charge is 0.353 e. The first-order valence-corrected chi connectivity index (χ1v) is 18.9. The molecule has 4 nitrogen and oxygen atoms in total. The molecule has 0 aliphatic heterocycles. The van der Waals surface area contributed by atoms with Crippen molar-refractivity contribution in [1.29, 1.82) is 0 Å². The summed E-state index contributed by atoms with van der Waals surface area (Å²) in [5, 5.41) is 2.39. The molecule has 2 heterocycles. The quantitative estimate of drug-likeness (QED) is 0.179. The average Bonchev–Trinajstić information content (AvgIpc) is 3.66. The number of hydrogen-bond acceptors (Lipinski definition) is 3. The first-order valence-electron chi connectivity index (χ1n) is 18.9. The van der Waals surface area contributed by atoms with Gasteiger partial charge in [0.1, 0.15) is 0 Å². The third-order valence-electron chi connectivity index (χ3n) is 10.6. The lowest BCUT2D eigenvalue weighted by Gasteiger charge is -2.11. The lowest BCUT2D eigenvalue weighted by Crippen LogP contribution is -2.00. The summed E-state index contributed by atoms with van der Waals surface area (Å²) in [4.78, 5) is 19.0. The van der Waals surface area contributed by atoms with Crippen molar-refractivity contribution in [1.82, 2.24) is 19.9 Å². The van der Waals surface area contributed by atoms with Crippen molar-refractivity contribution in [3.05, 3.63) is 200 Å². The zero-order valence-corrected chi connectivity index (χ0v) is 30.8. The summed E-state index contributed by atoms with van der Waals surface area (Å²) in [5.41, 5.74) is 15.6. The molecule has 0 aliphatic rings. The van der Waals surface area contributed by atoms with E-state index in [2.05, 4.69) is 176 Å². The van der Waals surface area contributed by atoms with Crippen LogP contribution < -0.4 is 0 Å². The summed E-state index contributed by atoms with van der Waals surface area (Å²) in [5.74, 6) is 1.90. The van der Waals surface area contributed by atoms with Crippen LogP contribution in [0.15, 0.2) is 194 Å². The molecule has 0 aliphatic carbocycles. The number of aryl methyl sites for hydroxylation is 1. The van der Waals surface area contributed by atoms with Gasteiger partial charge in [-0.05, 0) is 46.4 Å². The van der Waals surface area contributed by atoms with Crippen molar-refractivity contribution in [2.24, 2.45) is 0 Å². The number of nitrogens with one attached hydrogen (secondary N) is 1. The van der Waals surface area contributed by atoms with Crippen LogP contribution in [0.2, 0.25) is 0 Å². The minimum atomic E-state index is 0.628. The van der Waals surface area contributed by atoms with Gasteiger partial charge in [0.15, 0.2) is 17.5 Å². The number of fused-ring (bicyclic) bond motifs is 3. The van der Waals surface area contributed by atoms with Crippen molar-refractivity contribution >= 4 is 21.8 Å². The fourth-order valence-corrected chi connectivity index (χ4v) is 7.71. The zero-order valence-electron chi connectivity index (χ0n) is 30.8. The van der Waals surface area contributed by atoms with E-state index >= 15 is 0 Å². The van der Waals surface area contributed by atoms with Crippen molar-refractivity contribution in [2.75, 3.05) is 0 Å². The number of rotatable bonds is 7. The number of aromatic nitrogens is 4. The van der Waals surface area contributed by atoms with Crippen LogP contribution in [0.1, 0.15) is 5.56 Å². The number of para-hydroxylation sites is 2. The minimum Gasteiger partial charge on any atom is -0.353 e. The van der Waals surface area contributed by atoms with Crippen LogP contribution in [0.25, 0.3) is 100 Å². The van der Waals surface area contributed by atoms with Crippen molar-refractivity contribution in [3.63, 3.8) is 0 Å². The Labute approximate surface area is 325 Å². The molecule has 0 saturated carbocycles. The molecule has 0 amide bonds. The van der Waals surface area contributed by atoms with E-state index < -0.39 is 0 Å². The summed E-state index contributed by atoms with van der Waals surface area (Å²) in [7, 11) is 0. The fraction of sp³-hybridized carbons (Fsp3) is 0.0192. The van der Waals surface area contributed by atoms with E-state index in [1.54, 1.807) is 0 Å². The molecule has 0 radical (unpaired) electrons. The smallest absolute Gasteiger partial charge is 0.164 e. The summed E-state index contributed by atoms with van der Waals surface area (Å²) in [6.45, 7) is 2.12. The number of hydrogen-bond donors (Lipinski definition) is 1. The predicted molar refractivity (Wildman–Crippen MR) is 232 cm³/mol. The van der Waals surface area contributed by atoms with Gasteiger partial charge in [-0.2, -0.15) is 0 Å². The average molecular weight is 717 g/mol. The van der Waals surface area contributed by atoms with Crippen molar-refractivity contribution in [2.45, 2.75) is 6.92 Å². The topological polar surface area (TPSA) is 54.5 Å². The van der Waals surface area contributed by atoms with Gasteiger partial charge in [-0.15, -0.1) is 0 Å². The SMILES string of the molecule is Cc1cccc(-c2ccc(-c3nc(-c4ccccc4)nc(-c4cccc(-c5cccc6c5[nH]c5c(-c7ccc(-c8ccccc8)cc7)cccc56)c4)n3)cc2)c1. The second kappa shape index (κ2) is 14.1. The van der Waals surface area contributed by atoms with E-state index in [4.69, 9.17) is 15.0 Å². The number of aromatic amines is 1. The molecule has 0 spiro atoms. The Bertz CT molecular complexity index is 3000. The molecule has 264 valence electrons. The highest BCUT2D eigenvalue weighted by Gasteiger charge is 2.16. The second-order valence-electron chi connectivity index (χ2n) is 14.2. The Kier molecular flexibility index (Phi) is 8.34. The van der Waals surface area contributed by atoms with Crippen LogP contribution in [0.3, 0.4) is 0 Å². The standard InChI is InChI=1S/C52H36N4/c1-34-12-8-17-41(32-34)37-26-30-40(31-27-37)51-54-50(39-15-6-3-7-16-39)55-52(56-51)43-19-9-18-42(33-43)45-21-11-23-47-46-22-10-20-44(48(46)53-49(45)47)38-28-24-36(25-29-38)35-13-4-2-5-14-35/h2-33,53H,1H3. The van der Waals surface area contributed by atoms with Gasteiger partial charge < -0.3 is 4.98 Å². The molecule has 0 atom stereocenters. The Balaban J connectivity index is 1.05. The molecule has 10 aromatic rings. The van der Waals surface area contributed by atoms with Gasteiger partial charge in [0.2, 0.25) is 0 Å². The van der Waals surface area contributed by atoms with Gasteiger partial charge in [0, 0.05) is 38.6 Å². The lowest BCUT2D eigenvalue weighted by molar-refractivity contribution is 1.07. The summed E-state index contributed by atoms with van der Waals surface area (Å²) >= 11 is 0. The molecule has 56 heavy (non-hydrogen) atoms. The van der Waals surface area contributed by atoms with Gasteiger partial charge in [-0.3, -0.25) is 0 Å². The van der Waals surface area contributed by atoms with E-state index in [9.17, 15) is 0 Å². The van der Waals surface area contributed by atoms with Gasteiger partial charge in [0.05, 0.1) is 11.0 Å². The van der Waals surface area contributed by atoms with Crippen LogP contribution in [0.4, 0.5) is 0 Å². The van der Waals surface area contributed by atoms with Crippen molar-refractivity contribution < 1.29 is 0 Å². The Hall–Kier alpha value is -7.43. The molecular weight excluding hydrogens is 681 g/mol. The summed E-state index contributed by atoms with van der Waals surface area (Å²) in [6, 6.07) is 68.2. The Morgan fingerprint density at radius 2 is 0.714 bits per heavy atom. The van der Waals surface area contributed by atoms with Crippen LogP contribution in [0, 0.1) is 6.92 Å². The predicted octanol–water partition coefficient (Wildman–Crippen LogP) is 13.5. The number of nitrogens with zero attached hydrogens (tertiary/aromatic N) is 3. The molecule has 2 aromatic heterocycles. The first kappa shape index (κ1) is 33.2. The maximum atomic E-state index is 5.09. The monoisotopic (exact) mass is 716 g/mol. The van der Waals surface area contributed by atoms with E-state index in [-0.39, 0.29) is 0 Å². The lowest BCUT2D eigenvalue weighted by atomic mass is 9.98. The van der Waals surface area contributed by atoms with Crippen LogP contribution in [0.5, 0.6) is 0 Å². The Morgan fingerprint density at radius 3 is 1.34 bits per heavy atom. The summed E-state index contributed by atoms with van der Waals surface area (Å²) in [6.07, 6.45) is 0. The van der Waals surface area contributed by atoms with E-state index in [0.29, 0.717) is 17.5 Å². The van der Waals surface area contributed by atoms with Gasteiger partial charge in [-0.25, -0.2) is 15.0 Å². The van der Waals surface area contributed by atoms with Gasteiger partial charge in [0.25, 0.3) is 0 Å². The van der Waals surface area contributed by atoms with Crippen LogP contribution in [-0.2, 0) is 0 Å². The van der Waals surface area contributed by atoms with E-state index in [1.165, 1.54) is 44.2 Å². The number of H-pyrrole nitrogens is 1. The molecule has 0 saturated heterocycles. The molecule has 0 fully saturated rings. The maximum absolute atomic E-state index is 5.09. The molecule has 8 aromatic carbocycles. The third kappa shape index (κ3) is 6.23. The molecule has 1 N–H and O–H groups in total. The maximum Gasteiger partial charge on any atom is 0.164 e. The highest BCUT2D eigenvalue weighted by molar-refractivity contribution is 6.15. The summed E-state index contributed by atoms with van der Waals surface area (Å²) < 4.78 is 0. The molecule has 10 rings (SSSR count). The molecular formula is C52H36N4. The Morgan fingerprint density at radius 1 is 0.304 bits per heavy atom. The van der Waals surface area contributed by atoms with Gasteiger partial charge >= 0.3 is 0 Å². The first-order chi connectivity index (χ1) is 27.6. The van der Waals surface area contributed by atoms with Crippen molar-refractivity contribution in [3.8, 4) is 78.7 Å². The third-order valence-corrected chi connectivity index (χ3v) is 10.6. The normalized spacial score (nSPS) is 11.3. The molecule has 0 bridgehead atoms. The highest BCUT2D eigenvalue weighted by atomic mass is 15.0. The number of benzene rings is 8. The van der Waals surface area contributed by atoms with Crippen LogP contribution >= 0.6 is 0 Å². The molecule has 0 unspecified atom stereocenters. The van der Waals surface area contributed by atoms with Gasteiger partial charge in [-0.1, -0.05) is 194 Å². The second-order valence-corrected chi connectivity index (χ2v) is 14.2. The fourth-order valence-electron chi connectivity index (χ4n) is 7.71. The van der Waals surface area contributed by atoms with E-state index in [1.807, 2.05) is 30.3 Å². The highest BCUT2D eigenvalue weighted by Crippen LogP contribution is 2.39. The minimum absolute atomic E-state index is 0.628. The van der Waals surface area contributed by atoms with Crippen LogP contribution in [-0.4, -0.2) is 19.9 Å². The molecule has 4 heteroatoms. The zero-order chi connectivity index (χ0) is 37.4.